The number of allylic oxidation sites excluding steroid dienone is 1. The highest BCUT2D eigenvalue weighted by molar-refractivity contribution is 5.37. The SMILES string of the molecule is C/C=C/COC1CCC2CC(c3cc4c(cc3F)CC(CCCCCC)CC4)CCC2C1. The Kier molecular flexibility index (Phi) is 8.86. The Morgan fingerprint density at radius 1 is 0.969 bits per heavy atom. The van der Waals surface area contributed by atoms with Crippen molar-refractivity contribution < 1.29 is 9.13 Å². The van der Waals surface area contributed by atoms with Crippen molar-refractivity contribution >= 4 is 0 Å². The van der Waals surface area contributed by atoms with Gasteiger partial charge in [-0.25, -0.2) is 4.39 Å². The molecule has 0 aliphatic heterocycles. The van der Waals surface area contributed by atoms with Crippen LogP contribution in [0.15, 0.2) is 24.3 Å². The van der Waals surface area contributed by atoms with Gasteiger partial charge in [0.05, 0.1) is 12.7 Å². The van der Waals surface area contributed by atoms with Crippen molar-refractivity contribution in [3.8, 4) is 0 Å². The van der Waals surface area contributed by atoms with E-state index in [1.165, 1.54) is 81.8 Å². The van der Waals surface area contributed by atoms with Crippen molar-refractivity contribution in [2.24, 2.45) is 17.8 Å². The molecule has 0 radical (unpaired) electrons. The summed E-state index contributed by atoms with van der Waals surface area (Å²) in [6.07, 6.45) is 22.1. The van der Waals surface area contributed by atoms with Crippen molar-refractivity contribution in [1.29, 1.82) is 0 Å². The molecule has 0 bridgehead atoms. The summed E-state index contributed by atoms with van der Waals surface area (Å²) in [7, 11) is 0. The molecule has 5 atom stereocenters. The Hall–Kier alpha value is -1.15. The summed E-state index contributed by atoms with van der Waals surface area (Å²) < 4.78 is 21.3. The Morgan fingerprint density at radius 2 is 1.81 bits per heavy atom. The van der Waals surface area contributed by atoms with E-state index in [0.29, 0.717) is 12.0 Å². The molecule has 2 fully saturated rings. The number of aryl methyl sites for hydroxylation is 1. The molecule has 3 aliphatic carbocycles. The highest BCUT2D eigenvalue weighted by Crippen LogP contribution is 2.47. The van der Waals surface area contributed by atoms with Gasteiger partial charge in [-0.3, -0.25) is 0 Å². The summed E-state index contributed by atoms with van der Waals surface area (Å²) in [5.41, 5.74) is 3.80. The van der Waals surface area contributed by atoms with E-state index in [1.54, 1.807) is 0 Å². The lowest BCUT2D eigenvalue weighted by atomic mass is 9.65. The van der Waals surface area contributed by atoms with Crippen molar-refractivity contribution in [2.75, 3.05) is 6.61 Å². The van der Waals surface area contributed by atoms with Crippen molar-refractivity contribution in [2.45, 2.75) is 116 Å². The van der Waals surface area contributed by atoms with Crippen LogP contribution < -0.4 is 0 Å². The number of fused-ring (bicyclic) bond motifs is 2. The number of rotatable bonds is 9. The quantitative estimate of drug-likeness (QED) is 0.276. The third-order valence-electron chi connectivity index (χ3n) is 8.78. The van der Waals surface area contributed by atoms with Gasteiger partial charge in [0.15, 0.2) is 0 Å². The average Bonchev–Trinajstić information content (AvgIpc) is 2.81. The Morgan fingerprint density at radius 3 is 2.66 bits per heavy atom. The van der Waals surface area contributed by atoms with Crippen LogP contribution in [-0.2, 0) is 17.6 Å². The molecule has 0 N–H and O–H groups in total. The summed E-state index contributed by atoms with van der Waals surface area (Å²) in [6, 6.07) is 4.22. The van der Waals surface area contributed by atoms with Crippen LogP contribution in [0.3, 0.4) is 0 Å². The molecule has 1 aromatic carbocycles. The molecule has 2 heteroatoms. The monoisotopic (exact) mass is 440 g/mol. The minimum atomic E-state index is 0.0854. The normalized spacial score (nSPS) is 30.3. The predicted molar refractivity (Wildman–Crippen MR) is 133 cm³/mol. The first kappa shape index (κ1) is 24.0. The zero-order valence-electron chi connectivity index (χ0n) is 20.6. The van der Waals surface area contributed by atoms with E-state index in [4.69, 9.17) is 4.74 Å². The van der Waals surface area contributed by atoms with E-state index in [0.717, 1.165) is 49.2 Å². The zero-order valence-corrected chi connectivity index (χ0v) is 20.6. The molecule has 0 spiro atoms. The van der Waals surface area contributed by atoms with Crippen molar-refractivity contribution in [1.82, 2.24) is 0 Å². The third-order valence-corrected chi connectivity index (χ3v) is 8.78. The van der Waals surface area contributed by atoms with E-state index in [9.17, 15) is 0 Å². The first-order chi connectivity index (χ1) is 15.7. The average molecular weight is 441 g/mol. The van der Waals surface area contributed by atoms with Crippen LogP contribution in [0.1, 0.15) is 114 Å². The Labute approximate surface area is 196 Å². The zero-order chi connectivity index (χ0) is 22.3. The lowest BCUT2D eigenvalue weighted by Crippen LogP contribution is -2.34. The number of hydrogen-bond donors (Lipinski definition) is 0. The molecule has 5 unspecified atom stereocenters. The van der Waals surface area contributed by atoms with E-state index in [-0.39, 0.29) is 5.82 Å². The number of benzene rings is 1. The molecule has 0 saturated heterocycles. The fourth-order valence-corrected chi connectivity index (χ4v) is 6.86. The maximum Gasteiger partial charge on any atom is 0.126 e. The van der Waals surface area contributed by atoms with E-state index in [2.05, 4.69) is 25.1 Å². The second kappa shape index (κ2) is 11.8. The van der Waals surface area contributed by atoms with Crippen LogP contribution in [0.4, 0.5) is 4.39 Å². The number of ether oxygens (including phenoxy) is 1. The molecule has 2 saturated carbocycles. The summed E-state index contributed by atoms with van der Waals surface area (Å²) in [4.78, 5) is 0. The topological polar surface area (TPSA) is 9.23 Å². The van der Waals surface area contributed by atoms with Crippen LogP contribution in [0.2, 0.25) is 0 Å². The van der Waals surface area contributed by atoms with Gasteiger partial charge in [0.1, 0.15) is 5.82 Å². The summed E-state index contributed by atoms with van der Waals surface area (Å²) in [6.45, 7) is 5.07. The Bertz CT molecular complexity index is 753. The lowest BCUT2D eigenvalue weighted by molar-refractivity contribution is -0.00334. The molecule has 0 aromatic heterocycles. The fourth-order valence-electron chi connectivity index (χ4n) is 6.86. The minimum Gasteiger partial charge on any atom is -0.374 e. The summed E-state index contributed by atoms with van der Waals surface area (Å²) in [5, 5.41) is 0. The van der Waals surface area contributed by atoms with Crippen LogP contribution >= 0.6 is 0 Å². The lowest BCUT2D eigenvalue weighted by Gasteiger charge is -2.42. The van der Waals surface area contributed by atoms with Gasteiger partial charge in [0.25, 0.3) is 0 Å². The molecule has 32 heavy (non-hydrogen) atoms. The predicted octanol–water partition coefficient (Wildman–Crippen LogP) is 8.55. The van der Waals surface area contributed by atoms with Crippen LogP contribution in [0.25, 0.3) is 0 Å². The highest BCUT2D eigenvalue weighted by Gasteiger charge is 2.37. The minimum absolute atomic E-state index is 0.0854. The molecule has 0 amide bonds. The van der Waals surface area contributed by atoms with Gasteiger partial charge in [-0.15, -0.1) is 0 Å². The highest BCUT2D eigenvalue weighted by atomic mass is 19.1. The van der Waals surface area contributed by atoms with Crippen LogP contribution in [0.5, 0.6) is 0 Å². The molecular formula is C30H45FO. The van der Waals surface area contributed by atoms with Crippen LogP contribution in [-0.4, -0.2) is 12.7 Å². The van der Waals surface area contributed by atoms with Crippen molar-refractivity contribution in [3.05, 3.63) is 46.8 Å². The second-order valence-electron chi connectivity index (χ2n) is 11.0. The van der Waals surface area contributed by atoms with Crippen molar-refractivity contribution in [3.63, 3.8) is 0 Å². The van der Waals surface area contributed by atoms with Gasteiger partial charge in [-0.1, -0.05) is 57.2 Å². The molecule has 178 valence electrons. The van der Waals surface area contributed by atoms with Gasteiger partial charge in [0, 0.05) is 0 Å². The molecule has 1 aromatic rings. The number of hydrogen-bond acceptors (Lipinski definition) is 1. The number of halogens is 1. The smallest absolute Gasteiger partial charge is 0.126 e. The maximum absolute atomic E-state index is 15.3. The molecular weight excluding hydrogens is 395 g/mol. The Balaban J connectivity index is 1.33. The van der Waals surface area contributed by atoms with Gasteiger partial charge >= 0.3 is 0 Å². The summed E-state index contributed by atoms with van der Waals surface area (Å²) >= 11 is 0. The van der Waals surface area contributed by atoms with Gasteiger partial charge in [-0.2, -0.15) is 0 Å². The maximum atomic E-state index is 15.3. The van der Waals surface area contributed by atoms with Crippen LogP contribution in [0, 0.1) is 23.6 Å². The standard InChI is InChI=1S/C30H45FO/c1-3-5-7-8-9-22-10-11-25-20-29(30(31)21-27(25)17-22)26-13-12-24-19-28(32-16-6-4-2)15-14-23(24)18-26/h4,6,20-24,26,28H,3,5,7-19H2,1-2H3/b6-4+. The van der Waals surface area contributed by atoms with Gasteiger partial charge in [0.2, 0.25) is 0 Å². The van der Waals surface area contributed by atoms with E-state index >= 15 is 4.39 Å². The number of unbranched alkanes of at least 4 members (excludes halogenated alkanes) is 3. The first-order valence-electron chi connectivity index (χ1n) is 13.7. The van der Waals surface area contributed by atoms with E-state index in [1.807, 2.05) is 13.0 Å². The second-order valence-corrected chi connectivity index (χ2v) is 11.0. The molecule has 0 heterocycles. The molecule has 4 rings (SSSR count). The molecule has 1 nitrogen and oxygen atoms in total. The third kappa shape index (κ3) is 6.04. The first-order valence-corrected chi connectivity index (χ1v) is 13.7. The fraction of sp³-hybridized carbons (Fsp3) is 0.733. The van der Waals surface area contributed by atoms with E-state index < -0.39 is 0 Å². The summed E-state index contributed by atoms with van der Waals surface area (Å²) in [5.74, 6) is 2.82. The van der Waals surface area contributed by atoms with Gasteiger partial charge < -0.3 is 4.74 Å². The van der Waals surface area contributed by atoms with Gasteiger partial charge in [-0.05, 0) is 111 Å². The largest absolute Gasteiger partial charge is 0.374 e. The molecule has 3 aliphatic rings.